The van der Waals surface area contributed by atoms with Gasteiger partial charge in [0, 0.05) is 19.5 Å². The number of ether oxygens (including phenoxy) is 1. The Morgan fingerprint density at radius 2 is 1.48 bits per heavy atom. The lowest BCUT2D eigenvalue weighted by atomic mass is 9.99. The van der Waals surface area contributed by atoms with Crippen LogP contribution in [0.25, 0.3) is 0 Å². The molecule has 0 heterocycles. The van der Waals surface area contributed by atoms with Gasteiger partial charge in [-0.2, -0.15) is 0 Å². The molecule has 0 radical (unpaired) electrons. The molecule has 0 saturated heterocycles. The first kappa shape index (κ1) is 35.9. The molecule has 0 aliphatic heterocycles. The molecule has 3 amide bonds. The van der Waals surface area contributed by atoms with Crippen LogP contribution in [0.2, 0.25) is 0 Å². The topological polar surface area (TPSA) is 128 Å². The van der Waals surface area contributed by atoms with E-state index in [0.717, 1.165) is 37.7 Å². The van der Waals surface area contributed by atoms with Gasteiger partial charge in [-0.3, -0.25) is 9.59 Å². The number of phenols is 2. The second-order valence-corrected chi connectivity index (χ2v) is 12.6. The van der Waals surface area contributed by atoms with Crippen LogP contribution in [0.1, 0.15) is 89.0 Å². The van der Waals surface area contributed by atoms with E-state index in [1.807, 2.05) is 30.3 Å². The molecule has 46 heavy (non-hydrogen) atoms. The van der Waals surface area contributed by atoms with Gasteiger partial charge in [-0.05, 0) is 68.1 Å². The van der Waals surface area contributed by atoms with Gasteiger partial charge in [0.15, 0.2) is 0 Å². The molecule has 0 aromatic heterocycles. The fourth-order valence-electron chi connectivity index (χ4n) is 5.20. The Morgan fingerprint density at radius 1 is 0.804 bits per heavy atom. The Kier molecular flexibility index (Phi) is 13.9. The summed E-state index contributed by atoms with van der Waals surface area (Å²) in [4.78, 5) is 43.2. The molecule has 0 spiro atoms. The molecule has 0 fully saturated rings. The van der Waals surface area contributed by atoms with E-state index in [1.54, 1.807) is 45.0 Å². The number of aromatic hydroxyl groups is 2. The quantitative estimate of drug-likeness (QED) is 0.129. The molecule has 3 aromatic rings. The van der Waals surface area contributed by atoms with E-state index >= 15 is 0 Å². The maximum absolute atomic E-state index is 14.6. The summed E-state index contributed by atoms with van der Waals surface area (Å²) in [6.45, 7) is 7.88. The van der Waals surface area contributed by atoms with Crippen molar-refractivity contribution in [3.63, 3.8) is 0 Å². The highest BCUT2D eigenvalue weighted by molar-refractivity contribution is 5.92. The van der Waals surface area contributed by atoms with Crippen LogP contribution >= 0.6 is 0 Å². The Morgan fingerprint density at radius 3 is 2.13 bits per heavy atom. The number of unbranched alkanes of at least 4 members (excludes halogenated alkanes) is 5. The average molecular weight is 632 g/mol. The highest BCUT2D eigenvalue weighted by atomic mass is 16.6. The van der Waals surface area contributed by atoms with Crippen molar-refractivity contribution < 1.29 is 29.3 Å². The molecule has 0 aliphatic carbocycles. The minimum atomic E-state index is -1.08. The summed E-state index contributed by atoms with van der Waals surface area (Å²) in [5.74, 6) is -0.821. The lowest BCUT2D eigenvalue weighted by Gasteiger charge is -2.35. The van der Waals surface area contributed by atoms with Crippen LogP contribution in [-0.4, -0.2) is 51.2 Å². The predicted molar refractivity (Wildman–Crippen MR) is 179 cm³/mol. The number of alkyl carbamates (subject to hydrolysis) is 1. The van der Waals surface area contributed by atoms with E-state index in [1.165, 1.54) is 29.2 Å². The molecule has 4 N–H and O–H groups in total. The zero-order chi connectivity index (χ0) is 33.5. The third-order valence-electron chi connectivity index (χ3n) is 7.46. The fraction of sp³-hybridized carbons (Fsp3) is 0.432. The van der Waals surface area contributed by atoms with E-state index in [-0.39, 0.29) is 31.0 Å². The maximum atomic E-state index is 14.6. The highest BCUT2D eigenvalue weighted by Gasteiger charge is 2.36. The molecule has 2 unspecified atom stereocenters. The number of nitrogens with one attached hydrogen (secondary N) is 2. The van der Waals surface area contributed by atoms with Crippen LogP contribution in [0.5, 0.6) is 11.5 Å². The first-order valence-corrected chi connectivity index (χ1v) is 16.2. The standard InChI is InChI=1S/C37H49N3O6/c1-5-6-7-8-9-13-23-40(33(29-17-14-18-31(42)25-29)34(43)38-26-28-15-11-10-12-16-28)35(44)32(39-36(45)46-37(2,3)4)24-27-19-21-30(41)22-20-27/h10-12,14-22,25,32-33,41-42H,5-9,13,23-24,26H2,1-4H3,(H,38,43)(H,39,45). The molecule has 0 saturated carbocycles. The van der Waals surface area contributed by atoms with Crippen LogP contribution in [-0.2, 0) is 27.3 Å². The van der Waals surface area contributed by atoms with Gasteiger partial charge < -0.3 is 30.5 Å². The van der Waals surface area contributed by atoms with Crippen LogP contribution in [0.3, 0.4) is 0 Å². The van der Waals surface area contributed by atoms with E-state index in [0.29, 0.717) is 17.5 Å². The summed E-state index contributed by atoms with van der Waals surface area (Å²) >= 11 is 0. The second kappa shape index (κ2) is 17.8. The van der Waals surface area contributed by atoms with Gasteiger partial charge >= 0.3 is 6.09 Å². The summed E-state index contributed by atoms with van der Waals surface area (Å²) in [5, 5.41) is 26.0. The number of carbonyl (C=O) groups is 3. The van der Waals surface area contributed by atoms with Crippen molar-refractivity contribution in [2.24, 2.45) is 0 Å². The van der Waals surface area contributed by atoms with E-state index in [2.05, 4.69) is 17.6 Å². The highest BCUT2D eigenvalue weighted by Crippen LogP contribution is 2.27. The third kappa shape index (κ3) is 12.1. The van der Waals surface area contributed by atoms with E-state index < -0.39 is 35.6 Å². The van der Waals surface area contributed by atoms with Crippen LogP contribution in [0.4, 0.5) is 4.79 Å². The number of rotatable bonds is 16. The summed E-state index contributed by atoms with van der Waals surface area (Å²) in [6, 6.07) is 20.1. The maximum Gasteiger partial charge on any atom is 0.408 e. The number of hydrogen-bond donors (Lipinski definition) is 4. The minimum Gasteiger partial charge on any atom is -0.508 e. The lowest BCUT2D eigenvalue weighted by Crippen LogP contribution is -2.54. The van der Waals surface area contributed by atoms with Gasteiger partial charge in [0.2, 0.25) is 11.8 Å². The normalized spacial score (nSPS) is 12.5. The molecule has 2 atom stereocenters. The Bertz CT molecular complexity index is 1390. The van der Waals surface area contributed by atoms with E-state index in [9.17, 15) is 24.6 Å². The van der Waals surface area contributed by atoms with Gasteiger partial charge in [0.25, 0.3) is 0 Å². The number of benzene rings is 3. The first-order chi connectivity index (χ1) is 22.0. The lowest BCUT2D eigenvalue weighted by molar-refractivity contribution is -0.142. The Labute approximate surface area is 273 Å². The molecule has 248 valence electrons. The summed E-state index contributed by atoms with van der Waals surface area (Å²) in [6.07, 6.45) is 5.18. The van der Waals surface area contributed by atoms with Gasteiger partial charge in [-0.25, -0.2) is 4.79 Å². The Balaban J connectivity index is 2.01. The van der Waals surface area contributed by atoms with Gasteiger partial charge in [0.05, 0.1) is 0 Å². The molecule has 9 heteroatoms. The molecule has 0 bridgehead atoms. The van der Waals surface area contributed by atoms with Crippen LogP contribution in [0.15, 0.2) is 78.9 Å². The van der Waals surface area contributed by atoms with E-state index in [4.69, 9.17) is 4.74 Å². The van der Waals surface area contributed by atoms with Crippen molar-refractivity contribution in [2.45, 2.75) is 96.9 Å². The van der Waals surface area contributed by atoms with Crippen molar-refractivity contribution in [3.05, 3.63) is 95.6 Å². The summed E-state index contributed by atoms with van der Waals surface area (Å²) < 4.78 is 5.51. The smallest absolute Gasteiger partial charge is 0.408 e. The third-order valence-corrected chi connectivity index (χ3v) is 7.46. The second-order valence-electron chi connectivity index (χ2n) is 12.6. The molecule has 3 aromatic carbocycles. The fourth-order valence-corrected chi connectivity index (χ4v) is 5.20. The molecular weight excluding hydrogens is 582 g/mol. The van der Waals surface area contributed by atoms with Gasteiger partial charge in [-0.1, -0.05) is 93.6 Å². The summed E-state index contributed by atoms with van der Waals surface area (Å²) in [7, 11) is 0. The number of phenolic OH excluding ortho intramolecular Hbond substituents is 2. The molecule has 3 rings (SSSR count). The van der Waals surface area contributed by atoms with Crippen molar-refractivity contribution >= 4 is 17.9 Å². The number of nitrogens with zero attached hydrogens (tertiary/aromatic N) is 1. The summed E-state index contributed by atoms with van der Waals surface area (Å²) in [5.41, 5.74) is 1.26. The van der Waals surface area contributed by atoms with Crippen LogP contribution < -0.4 is 10.6 Å². The SMILES string of the molecule is CCCCCCCCN(C(=O)C(Cc1ccc(O)cc1)NC(=O)OC(C)(C)C)C(C(=O)NCc1ccccc1)c1cccc(O)c1. The van der Waals surface area contributed by atoms with Gasteiger partial charge in [0.1, 0.15) is 29.2 Å². The monoisotopic (exact) mass is 631 g/mol. The van der Waals surface area contributed by atoms with Crippen molar-refractivity contribution in [1.82, 2.24) is 15.5 Å². The molecule has 0 aliphatic rings. The minimum absolute atomic E-state index is 0.0298. The van der Waals surface area contributed by atoms with Crippen molar-refractivity contribution in [1.29, 1.82) is 0 Å². The van der Waals surface area contributed by atoms with Gasteiger partial charge in [-0.15, -0.1) is 0 Å². The van der Waals surface area contributed by atoms with Crippen LogP contribution in [0, 0.1) is 0 Å². The number of amides is 3. The zero-order valence-electron chi connectivity index (χ0n) is 27.5. The molecule has 9 nitrogen and oxygen atoms in total. The number of hydrogen-bond acceptors (Lipinski definition) is 6. The predicted octanol–water partition coefficient (Wildman–Crippen LogP) is 6.78. The van der Waals surface area contributed by atoms with Crippen molar-refractivity contribution in [2.75, 3.05) is 6.54 Å². The van der Waals surface area contributed by atoms with Crippen molar-refractivity contribution in [3.8, 4) is 11.5 Å². The number of carbonyl (C=O) groups excluding carboxylic acids is 3. The molecular formula is C37H49N3O6. The Hall–Kier alpha value is -4.53. The zero-order valence-corrected chi connectivity index (χ0v) is 27.5. The average Bonchev–Trinajstić information content (AvgIpc) is 3.01. The largest absolute Gasteiger partial charge is 0.508 e. The first-order valence-electron chi connectivity index (χ1n) is 16.2.